The minimum Gasteiger partial charge on any atom is -0.497 e. The largest absolute Gasteiger partial charge is 0.497 e. The average molecular weight is 312 g/mol. The number of aromatic nitrogens is 1. The third-order valence-corrected chi connectivity index (χ3v) is 3.33. The van der Waals surface area contributed by atoms with Crippen LogP contribution in [0.5, 0.6) is 5.75 Å². The van der Waals surface area contributed by atoms with Gasteiger partial charge in [-0.15, -0.1) is 0 Å². The molecule has 0 saturated heterocycles. The zero-order valence-electron chi connectivity index (χ0n) is 13.7. The highest BCUT2D eigenvalue weighted by molar-refractivity contribution is 5.79. The van der Waals surface area contributed by atoms with E-state index >= 15 is 0 Å². The highest BCUT2D eigenvalue weighted by Gasteiger charge is 1.99. The van der Waals surface area contributed by atoms with Crippen LogP contribution in [-0.4, -0.2) is 31.1 Å². The van der Waals surface area contributed by atoms with Crippen molar-refractivity contribution < 1.29 is 4.74 Å². The number of methoxy groups -OCH3 is 1. The normalized spacial score (nSPS) is 11.1. The lowest BCUT2D eigenvalue weighted by molar-refractivity contribution is 0.414. The van der Waals surface area contributed by atoms with Crippen LogP contribution in [0.1, 0.15) is 18.1 Å². The fraction of sp³-hybridized carbons (Fsp3) is 0.333. The minimum atomic E-state index is 0.611. The number of benzene rings is 1. The molecule has 0 amide bonds. The topological polar surface area (TPSA) is 58.5 Å². The molecule has 1 aromatic heterocycles. The predicted molar refractivity (Wildman–Crippen MR) is 93.8 cm³/mol. The summed E-state index contributed by atoms with van der Waals surface area (Å²) in [7, 11) is 1.67. The Bertz CT molecular complexity index is 613. The van der Waals surface area contributed by atoms with Crippen LogP contribution in [0.2, 0.25) is 0 Å². The number of nitrogens with one attached hydrogen (secondary N) is 2. The number of pyridine rings is 1. The van der Waals surface area contributed by atoms with E-state index in [4.69, 9.17) is 4.74 Å². The van der Waals surface area contributed by atoms with Crippen LogP contribution in [-0.2, 0) is 13.0 Å². The van der Waals surface area contributed by atoms with Crippen molar-refractivity contribution in [1.82, 2.24) is 15.6 Å². The van der Waals surface area contributed by atoms with Gasteiger partial charge in [0.05, 0.1) is 13.7 Å². The molecule has 0 fully saturated rings. The molecule has 0 saturated carbocycles. The van der Waals surface area contributed by atoms with Gasteiger partial charge in [0.25, 0.3) is 0 Å². The van der Waals surface area contributed by atoms with Gasteiger partial charge in [-0.1, -0.05) is 18.2 Å². The summed E-state index contributed by atoms with van der Waals surface area (Å²) in [6.07, 6.45) is 4.59. The van der Waals surface area contributed by atoms with E-state index in [0.29, 0.717) is 6.54 Å². The van der Waals surface area contributed by atoms with E-state index in [9.17, 15) is 0 Å². The van der Waals surface area contributed by atoms with Gasteiger partial charge in [0.2, 0.25) is 0 Å². The molecule has 0 aliphatic carbocycles. The maximum Gasteiger partial charge on any atom is 0.191 e. The van der Waals surface area contributed by atoms with Crippen molar-refractivity contribution in [2.45, 2.75) is 19.9 Å². The monoisotopic (exact) mass is 312 g/mol. The second kappa shape index (κ2) is 9.46. The van der Waals surface area contributed by atoms with Crippen LogP contribution in [0.3, 0.4) is 0 Å². The molecule has 5 nitrogen and oxygen atoms in total. The summed E-state index contributed by atoms with van der Waals surface area (Å²) in [5.41, 5.74) is 2.33. The van der Waals surface area contributed by atoms with Crippen LogP contribution in [0, 0.1) is 0 Å². The summed E-state index contributed by atoms with van der Waals surface area (Å²) >= 11 is 0. The maximum atomic E-state index is 5.24. The number of nitrogens with zero attached hydrogens (tertiary/aromatic N) is 2. The van der Waals surface area contributed by atoms with E-state index in [1.165, 1.54) is 5.56 Å². The van der Waals surface area contributed by atoms with E-state index in [2.05, 4.69) is 33.6 Å². The van der Waals surface area contributed by atoms with Gasteiger partial charge >= 0.3 is 0 Å². The highest BCUT2D eigenvalue weighted by atomic mass is 16.5. The third kappa shape index (κ3) is 5.98. The van der Waals surface area contributed by atoms with Crippen molar-refractivity contribution in [2.75, 3.05) is 20.2 Å². The Labute approximate surface area is 137 Å². The standard InChI is InChI=1S/C18H24N4O/c1-3-20-18(21-11-9-15-7-5-10-19-13-15)22-14-16-6-4-8-17(12-16)23-2/h4-8,10,12-13H,3,9,11,14H2,1-2H3,(H2,20,21,22). The van der Waals surface area contributed by atoms with Crippen molar-refractivity contribution in [1.29, 1.82) is 0 Å². The van der Waals surface area contributed by atoms with E-state index in [0.717, 1.165) is 36.8 Å². The van der Waals surface area contributed by atoms with Crippen LogP contribution in [0.15, 0.2) is 53.8 Å². The molecule has 1 aromatic carbocycles. The SMILES string of the molecule is CCNC(=NCc1cccc(OC)c1)NCCc1cccnc1. The molecule has 5 heteroatoms. The Morgan fingerprint density at radius 1 is 1.17 bits per heavy atom. The van der Waals surface area contributed by atoms with E-state index in [1.807, 2.05) is 36.5 Å². The first-order valence-electron chi connectivity index (χ1n) is 7.86. The number of hydrogen-bond donors (Lipinski definition) is 2. The molecule has 23 heavy (non-hydrogen) atoms. The summed E-state index contributed by atoms with van der Waals surface area (Å²) in [6.45, 7) is 4.32. The Morgan fingerprint density at radius 2 is 2.04 bits per heavy atom. The summed E-state index contributed by atoms with van der Waals surface area (Å²) in [5, 5.41) is 6.61. The Morgan fingerprint density at radius 3 is 2.78 bits per heavy atom. The third-order valence-electron chi connectivity index (χ3n) is 3.33. The molecular formula is C18H24N4O. The lowest BCUT2D eigenvalue weighted by Crippen LogP contribution is -2.38. The van der Waals surface area contributed by atoms with Gasteiger partial charge in [-0.25, -0.2) is 4.99 Å². The fourth-order valence-corrected chi connectivity index (χ4v) is 2.15. The molecule has 2 rings (SSSR count). The van der Waals surface area contributed by atoms with Crippen LogP contribution in [0.4, 0.5) is 0 Å². The predicted octanol–water partition coefficient (Wildman–Crippen LogP) is 2.39. The van der Waals surface area contributed by atoms with E-state index in [-0.39, 0.29) is 0 Å². The van der Waals surface area contributed by atoms with Gasteiger partial charge in [-0.2, -0.15) is 0 Å². The first kappa shape index (κ1) is 16.8. The Kier molecular flexibility index (Phi) is 6.91. The molecule has 0 atom stereocenters. The van der Waals surface area contributed by atoms with Crippen molar-refractivity contribution in [3.8, 4) is 5.75 Å². The summed E-state index contributed by atoms with van der Waals surface area (Å²) in [4.78, 5) is 8.74. The van der Waals surface area contributed by atoms with Crippen LogP contribution >= 0.6 is 0 Å². The Balaban J connectivity index is 1.88. The molecule has 1 heterocycles. The zero-order valence-corrected chi connectivity index (χ0v) is 13.7. The average Bonchev–Trinajstić information content (AvgIpc) is 2.61. The van der Waals surface area contributed by atoms with Crippen molar-refractivity contribution >= 4 is 5.96 Å². The number of rotatable bonds is 7. The zero-order chi connectivity index (χ0) is 16.3. The number of guanidine groups is 1. The van der Waals surface area contributed by atoms with E-state index in [1.54, 1.807) is 13.3 Å². The maximum absolute atomic E-state index is 5.24. The smallest absolute Gasteiger partial charge is 0.191 e. The minimum absolute atomic E-state index is 0.611. The van der Waals surface area contributed by atoms with Gasteiger partial charge in [-0.05, 0) is 42.7 Å². The van der Waals surface area contributed by atoms with Crippen LogP contribution in [0.25, 0.3) is 0 Å². The fourth-order valence-electron chi connectivity index (χ4n) is 2.15. The van der Waals surface area contributed by atoms with Crippen LogP contribution < -0.4 is 15.4 Å². The van der Waals surface area contributed by atoms with Crippen molar-refractivity contribution in [3.05, 3.63) is 59.9 Å². The van der Waals surface area contributed by atoms with Gasteiger partial charge in [0.1, 0.15) is 5.75 Å². The van der Waals surface area contributed by atoms with Crippen molar-refractivity contribution in [3.63, 3.8) is 0 Å². The quantitative estimate of drug-likeness (QED) is 0.609. The molecule has 0 radical (unpaired) electrons. The molecule has 2 N–H and O–H groups in total. The molecule has 2 aromatic rings. The number of aliphatic imine (C=N–C) groups is 1. The number of ether oxygens (including phenoxy) is 1. The highest BCUT2D eigenvalue weighted by Crippen LogP contribution is 2.13. The van der Waals surface area contributed by atoms with Gasteiger partial charge in [-0.3, -0.25) is 4.98 Å². The molecule has 0 spiro atoms. The molecule has 0 aliphatic rings. The second-order valence-electron chi connectivity index (χ2n) is 5.08. The molecule has 122 valence electrons. The molecule has 0 aliphatic heterocycles. The lowest BCUT2D eigenvalue weighted by Gasteiger charge is -2.11. The molecule has 0 unspecified atom stereocenters. The molecular weight excluding hydrogens is 288 g/mol. The number of hydrogen-bond acceptors (Lipinski definition) is 3. The second-order valence-corrected chi connectivity index (χ2v) is 5.08. The van der Waals surface area contributed by atoms with Crippen molar-refractivity contribution in [2.24, 2.45) is 4.99 Å². The first-order chi connectivity index (χ1) is 11.3. The van der Waals surface area contributed by atoms with Gasteiger partial charge in [0, 0.05) is 25.5 Å². The summed E-state index contributed by atoms with van der Waals surface area (Å²) in [6, 6.07) is 12.0. The first-order valence-corrected chi connectivity index (χ1v) is 7.86. The Hall–Kier alpha value is -2.56. The summed E-state index contributed by atoms with van der Waals surface area (Å²) in [5.74, 6) is 1.67. The van der Waals surface area contributed by atoms with Gasteiger partial charge in [0.15, 0.2) is 5.96 Å². The summed E-state index contributed by atoms with van der Waals surface area (Å²) < 4.78 is 5.24. The van der Waals surface area contributed by atoms with Gasteiger partial charge < -0.3 is 15.4 Å². The van der Waals surface area contributed by atoms with E-state index < -0.39 is 0 Å². The lowest BCUT2D eigenvalue weighted by atomic mass is 10.2. The molecule has 0 bridgehead atoms.